The van der Waals surface area contributed by atoms with Gasteiger partial charge in [-0.2, -0.15) is 4.90 Å². The van der Waals surface area contributed by atoms with Gasteiger partial charge in [-0.05, 0) is 70.8 Å². The van der Waals surface area contributed by atoms with Crippen LogP contribution in [0.2, 0.25) is 0 Å². The molecule has 0 aliphatic carbocycles. The van der Waals surface area contributed by atoms with Gasteiger partial charge in [-0.1, -0.05) is 42.5 Å². The number of nitrogens with two attached hydrogens (primary N) is 1. The summed E-state index contributed by atoms with van der Waals surface area (Å²) in [6.07, 6.45) is -0.805. The van der Waals surface area contributed by atoms with E-state index in [1.54, 1.807) is 45.0 Å². The fourth-order valence-corrected chi connectivity index (χ4v) is 3.70. The van der Waals surface area contributed by atoms with E-state index in [2.05, 4.69) is 16.0 Å². The predicted octanol–water partition coefficient (Wildman–Crippen LogP) is 1.00. The third kappa shape index (κ3) is 10.7. The largest absolute Gasteiger partial charge is 0.508 e. The zero-order valence-corrected chi connectivity index (χ0v) is 24.0. The highest BCUT2D eigenvalue weighted by atomic mass is 16.6. The van der Waals surface area contributed by atoms with E-state index < -0.39 is 60.0 Å². The van der Waals surface area contributed by atoms with E-state index in [1.165, 1.54) is 26.1 Å². The van der Waals surface area contributed by atoms with Gasteiger partial charge >= 0.3 is 6.09 Å². The van der Waals surface area contributed by atoms with E-state index in [0.29, 0.717) is 10.5 Å². The number of carbonyl (C=O) groups excluding carboxylic acids is 5. The number of nitrogens with one attached hydrogen (secondary N) is 3. The Morgan fingerprint density at radius 3 is 2.07 bits per heavy atom. The van der Waals surface area contributed by atoms with Crippen LogP contribution in [-0.2, 0) is 36.8 Å². The smallest absolute Gasteiger partial charge is 0.424 e. The molecule has 222 valence electrons. The van der Waals surface area contributed by atoms with Crippen LogP contribution in [0.15, 0.2) is 54.6 Å². The highest BCUT2D eigenvalue weighted by molar-refractivity contribution is 6.11. The molecule has 0 aromatic heterocycles. The average Bonchev–Trinajstić information content (AvgIpc) is 2.91. The first-order chi connectivity index (χ1) is 19.2. The monoisotopic (exact) mass is 569 g/mol. The molecule has 0 aliphatic rings. The maximum absolute atomic E-state index is 13.4. The van der Waals surface area contributed by atoms with Gasteiger partial charge in [0.1, 0.15) is 17.4 Å². The van der Waals surface area contributed by atoms with Gasteiger partial charge in [-0.3, -0.25) is 19.2 Å². The Morgan fingerprint density at radius 1 is 0.927 bits per heavy atom. The van der Waals surface area contributed by atoms with Crippen molar-refractivity contribution in [2.45, 2.75) is 64.3 Å². The van der Waals surface area contributed by atoms with Crippen molar-refractivity contribution < 1.29 is 33.8 Å². The van der Waals surface area contributed by atoms with Crippen molar-refractivity contribution in [2.75, 3.05) is 13.6 Å². The second kappa shape index (κ2) is 14.9. The van der Waals surface area contributed by atoms with Gasteiger partial charge in [0.2, 0.25) is 11.8 Å². The van der Waals surface area contributed by atoms with Crippen molar-refractivity contribution >= 4 is 29.7 Å². The van der Waals surface area contributed by atoms with E-state index in [4.69, 9.17) is 10.5 Å². The van der Waals surface area contributed by atoms with Gasteiger partial charge in [0, 0.05) is 0 Å². The number of benzene rings is 2. The molecule has 2 aromatic rings. The SMILES string of the molecule is CN[C@@H](Cc1ccccc1)C(=O)N(C(=O)CNC(=O)[C@@H](C)NC(=O)[C@@H](N)Cc1ccc(O)cc1)C(=O)OC(C)(C)C. The number of hydrogen-bond acceptors (Lipinski definition) is 9. The van der Waals surface area contributed by atoms with Crippen LogP contribution in [0.3, 0.4) is 0 Å². The molecule has 5 amide bonds. The lowest BCUT2D eigenvalue weighted by molar-refractivity contribution is -0.145. The number of phenols is 1. The summed E-state index contributed by atoms with van der Waals surface area (Å²) in [5, 5.41) is 17.0. The van der Waals surface area contributed by atoms with Crippen molar-refractivity contribution in [3.63, 3.8) is 0 Å². The Labute approximate surface area is 239 Å². The van der Waals surface area contributed by atoms with Crippen molar-refractivity contribution in [2.24, 2.45) is 5.73 Å². The second-order valence-electron chi connectivity index (χ2n) is 10.5. The molecule has 3 atom stereocenters. The van der Waals surface area contributed by atoms with Crippen LogP contribution in [0.25, 0.3) is 0 Å². The molecule has 0 saturated carbocycles. The number of nitrogens with zero attached hydrogens (tertiary/aromatic N) is 1. The number of hydrogen-bond donors (Lipinski definition) is 5. The number of likely N-dealkylation sites (N-methyl/N-ethyl adjacent to an activating group) is 1. The molecule has 41 heavy (non-hydrogen) atoms. The summed E-state index contributed by atoms with van der Waals surface area (Å²) in [5.41, 5.74) is 6.47. The Hall–Kier alpha value is -4.29. The van der Waals surface area contributed by atoms with Gasteiger partial charge in [-0.15, -0.1) is 0 Å². The van der Waals surface area contributed by atoms with Gasteiger partial charge < -0.3 is 31.5 Å². The third-order valence-electron chi connectivity index (χ3n) is 5.87. The van der Waals surface area contributed by atoms with Crippen LogP contribution in [0, 0.1) is 0 Å². The maximum Gasteiger partial charge on any atom is 0.424 e. The third-order valence-corrected chi connectivity index (χ3v) is 5.87. The van der Waals surface area contributed by atoms with Crippen LogP contribution in [-0.4, -0.2) is 77.0 Å². The van der Waals surface area contributed by atoms with Crippen molar-refractivity contribution in [1.82, 2.24) is 20.9 Å². The number of amides is 5. The first kappa shape index (κ1) is 32.9. The molecule has 0 aliphatic heterocycles. The van der Waals surface area contributed by atoms with E-state index in [-0.39, 0.29) is 18.6 Å². The minimum absolute atomic E-state index is 0.0798. The van der Waals surface area contributed by atoms with Gasteiger partial charge in [-0.25, -0.2) is 4.79 Å². The second-order valence-corrected chi connectivity index (χ2v) is 10.5. The van der Waals surface area contributed by atoms with Crippen LogP contribution in [0.5, 0.6) is 5.75 Å². The molecule has 0 fully saturated rings. The molecular formula is C29H39N5O7. The minimum atomic E-state index is -1.17. The summed E-state index contributed by atoms with van der Waals surface area (Å²) in [6.45, 7) is 5.48. The number of phenolic OH excluding ortho intramolecular Hbond substituents is 1. The van der Waals surface area contributed by atoms with Crippen LogP contribution >= 0.6 is 0 Å². The summed E-state index contributed by atoms with van der Waals surface area (Å²) in [7, 11) is 1.53. The number of aromatic hydroxyl groups is 1. The van der Waals surface area contributed by atoms with Gasteiger partial charge in [0.05, 0.1) is 18.6 Å². The molecule has 0 heterocycles. The summed E-state index contributed by atoms with van der Waals surface area (Å²) < 4.78 is 5.30. The molecule has 0 spiro atoms. The molecule has 2 rings (SSSR count). The van der Waals surface area contributed by atoms with E-state index in [1.807, 2.05) is 18.2 Å². The molecule has 6 N–H and O–H groups in total. The molecule has 0 saturated heterocycles. The Morgan fingerprint density at radius 2 is 1.51 bits per heavy atom. The zero-order valence-electron chi connectivity index (χ0n) is 24.0. The zero-order chi connectivity index (χ0) is 30.7. The number of rotatable bonds is 11. The van der Waals surface area contributed by atoms with Gasteiger partial charge in [0.15, 0.2) is 0 Å². The average molecular weight is 570 g/mol. The van der Waals surface area contributed by atoms with E-state index >= 15 is 0 Å². The molecule has 2 aromatic carbocycles. The number of imide groups is 3. The number of ether oxygens (including phenoxy) is 1. The summed E-state index contributed by atoms with van der Waals surface area (Å²) in [4.78, 5) is 64.9. The quantitative estimate of drug-likeness (QED) is 0.264. The molecule has 0 unspecified atom stereocenters. The topological polar surface area (TPSA) is 180 Å². The van der Waals surface area contributed by atoms with Crippen LogP contribution in [0.4, 0.5) is 4.79 Å². The minimum Gasteiger partial charge on any atom is -0.508 e. The van der Waals surface area contributed by atoms with E-state index in [9.17, 15) is 29.1 Å². The summed E-state index contributed by atoms with van der Waals surface area (Å²) >= 11 is 0. The van der Waals surface area contributed by atoms with E-state index in [0.717, 1.165) is 5.56 Å². The van der Waals surface area contributed by atoms with Crippen molar-refractivity contribution in [3.8, 4) is 5.75 Å². The molecule has 0 radical (unpaired) electrons. The molecule has 12 nitrogen and oxygen atoms in total. The Balaban J connectivity index is 2.05. The summed E-state index contributed by atoms with van der Waals surface area (Å²) in [6, 6.07) is 12.3. The standard InChI is InChI=1S/C29H39N5O7/c1-18(33-26(38)22(30)15-20-11-13-21(35)14-12-20)25(37)32-17-24(36)34(28(40)41-29(2,3)4)27(39)23(31-5)16-19-9-7-6-8-10-19/h6-14,18,22-23,31,35H,15-17,30H2,1-5H3,(H,32,37)(H,33,38)/t18-,22+,23+/m1/s1. The predicted molar refractivity (Wildman–Crippen MR) is 151 cm³/mol. The lowest BCUT2D eigenvalue weighted by Gasteiger charge is -2.28. The van der Waals surface area contributed by atoms with Crippen LogP contribution < -0.4 is 21.7 Å². The lowest BCUT2D eigenvalue weighted by atomic mass is 10.0. The first-order valence-corrected chi connectivity index (χ1v) is 13.1. The lowest BCUT2D eigenvalue weighted by Crippen LogP contribution is -2.56. The van der Waals surface area contributed by atoms with Crippen molar-refractivity contribution in [3.05, 3.63) is 65.7 Å². The Bertz CT molecular complexity index is 1210. The molecule has 0 bridgehead atoms. The Kier molecular flexibility index (Phi) is 12.0. The maximum atomic E-state index is 13.4. The fourth-order valence-electron chi connectivity index (χ4n) is 3.70. The highest BCUT2D eigenvalue weighted by Gasteiger charge is 2.36. The summed E-state index contributed by atoms with van der Waals surface area (Å²) in [5.74, 6) is -3.10. The van der Waals surface area contributed by atoms with Crippen molar-refractivity contribution in [1.29, 1.82) is 0 Å². The normalized spacial score (nSPS) is 13.3. The van der Waals surface area contributed by atoms with Gasteiger partial charge in [0.25, 0.3) is 11.8 Å². The highest BCUT2D eigenvalue weighted by Crippen LogP contribution is 2.14. The number of carbonyl (C=O) groups is 5. The molecule has 12 heteroatoms. The first-order valence-electron chi connectivity index (χ1n) is 13.1. The van der Waals surface area contributed by atoms with Crippen LogP contribution in [0.1, 0.15) is 38.8 Å². The fraction of sp³-hybridized carbons (Fsp3) is 0.414. The molecular weight excluding hydrogens is 530 g/mol.